The number of fused-ring (bicyclic) bond motifs is 2. The van der Waals surface area contributed by atoms with Gasteiger partial charge >= 0.3 is 0 Å². The van der Waals surface area contributed by atoms with Crippen molar-refractivity contribution in [2.75, 3.05) is 6.54 Å². The van der Waals surface area contributed by atoms with Gasteiger partial charge in [0.2, 0.25) is 0 Å². The van der Waals surface area contributed by atoms with E-state index in [0.717, 1.165) is 41.2 Å². The average Bonchev–Trinajstić information content (AvgIpc) is 3.45. The Morgan fingerprint density at radius 3 is 2.50 bits per heavy atom. The highest BCUT2D eigenvalue weighted by atomic mass is 15.0. The fraction of sp³-hybridized carbons (Fsp3) is 0.200. The van der Waals surface area contributed by atoms with Crippen LogP contribution in [0.25, 0.3) is 44.2 Å². The zero-order valence-corrected chi connectivity index (χ0v) is 17.1. The molecule has 5 aromatic rings. The van der Waals surface area contributed by atoms with Gasteiger partial charge in [0.1, 0.15) is 5.82 Å². The molecule has 5 heteroatoms. The number of nitrogens with zero attached hydrogens (tertiary/aromatic N) is 2. The van der Waals surface area contributed by atoms with Crippen molar-refractivity contribution in [3.63, 3.8) is 0 Å². The van der Waals surface area contributed by atoms with Crippen LogP contribution in [0.3, 0.4) is 0 Å². The topological polar surface area (TPSA) is 69.4 Å². The number of benzene rings is 3. The maximum Gasteiger partial charge on any atom is 0.120 e. The van der Waals surface area contributed by atoms with Crippen LogP contribution in [0.4, 0.5) is 0 Å². The van der Waals surface area contributed by atoms with Crippen LogP contribution < -0.4 is 5.32 Å². The minimum Gasteiger partial charge on any atom is -0.345 e. The summed E-state index contributed by atoms with van der Waals surface area (Å²) in [4.78, 5) is 15.4. The minimum absolute atomic E-state index is 0.775. The minimum atomic E-state index is 0.775. The Labute approximate surface area is 175 Å². The molecule has 30 heavy (non-hydrogen) atoms. The highest BCUT2D eigenvalue weighted by molar-refractivity contribution is 5.91. The van der Waals surface area contributed by atoms with Crippen LogP contribution in [-0.2, 0) is 6.54 Å². The molecule has 0 aliphatic rings. The molecule has 0 bridgehead atoms. The predicted octanol–water partition coefficient (Wildman–Crippen LogP) is 5.66. The number of hydrogen-bond acceptors (Lipinski definition) is 3. The van der Waals surface area contributed by atoms with E-state index in [9.17, 15) is 0 Å². The summed E-state index contributed by atoms with van der Waals surface area (Å²) < 4.78 is 0. The van der Waals surface area contributed by atoms with Crippen LogP contribution in [0, 0.1) is 0 Å². The Kier molecular flexibility index (Phi) is 5.03. The molecule has 0 unspecified atom stereocenters. The molecule has 5 nitrogen and oxygen atoms in total. The second-order valence-corrected chi connectivity index (χ2v) is 7.69. The van der Waals surface area contributed by atoms with Crippen LogP contribution >= 0.6 is 0 Å². The van der Waals surface area contributed by atoms with Gasteiger partial charge in [-0.3, -0.25) is 0 Å². The monoisotopic (exact) mass is 395 g/mol. The van der Waals surface area contributed by atoms with Crippen molar-refractivity contribution < 1.29 is 0 Å². The molecule has 0 saturated heterocycles. The smallest absolute Gasteiger partial charge is 0.120 e. The number of H-pyrrole nitrogens is 2. The Bertz CT molecular complexity index is 1300. The molecule has 5 rings (SSSR count). The normalized spacial score (nSPS) is 11.5. The molecule has 0 aliphatic heterocycles. The third kappa shape index (κ3) is 3.72. The maximum atomic E-state index is 4.52. The number of aromatic nitrogens is 4. The molecule has 0 fully saturated rings. The van der Waals surface area contributed by atoms with Gasteiger partial charge in [0, 0.05) is 5.56 Å². The van der Waals surface area contributed by atoms with Crippen molar-refractivity contribution in [1.82, 2.24) is 25.3 Å². The van der Waals surface area contributed by atoms with E-state index in [1.54, 1.807) is 6.33 Å². The number of nitrogens with one attached hydrogen (secondary N) is 3. The molecule has 2 aromatic heterocycles. The van der Waals surface area contributed by atoms with Gasteiger partial charge in [0.05, 0.1) is 35.8 Å². The Morgan fingerprint density at radius 2 is 1.63 bits per heavy atom. The molecule has 0 atom stereocenters. The molecular weight excluding hydrogens is 370 g/mol. The standard InChI is InChI=1S/C25H25N5/c1-2-3-10-26-15-25-27-14-24(30-25)21-7-6-17-11-18(4-5-19(17)12-21)20-8-9-22-23(13-20)29-16-28-22/h4-9,11-14,16,26H,2-3,10,15H2,1H3,(H,27,30)(H,28,29). The van der Waals surface area contributed by atoms with Crippen molar-refractivity contribution in [1.29, 1.82) is 0 Å². The molecule has 150 valence electrons. The highest BCUT2D eigenvalue weighted by Crippen LogP contribution is 2.29. The number of unbranched alkanes of at least 4 members (excludes halogenated alkanes) is 1. The second-order valence-electron chi connectivity index (χ2n) is 7.69. The summed E-state index contributed by atoms with van der Waals surface area (Å²) in [7, 11) is 0. The summed E-state index contributed by atoms with van der Waals surface area (Å²) in [6.45, 7) is 4.00. The molecular formula is C25H25N5. The summed E-state index contributed by atoms with van der Waals surface area (Å²) >= 11 is 0. The van der Waals surface area contributed by atoms with Crippen LogP contribution in [0.15, 0.2) is 67.1 Å². The van der Waals surface area contributed by atoms with Crippen LogP contribution in [-0.4, -0.2) is 26.5 Å². The molecule has 0 amide bonds. The molecule has 3 aromatic carbocycles. The SMILES string of the molecule is CCCCNCc1ncc(-c2ccc3cc(-c4ccc5nc[nH]c5c4)ccc3c2)[nH]1. The van der Waals surface area contributed by atoms with E-state index in [4.69, 9.17) is 0 Å². The maximum absolute atomic E-state index is 4.52. The van der Waals surface area contributed by atoms with Gasteiger partial charge in [0.15, 0.2) is 0 Å². The van der Waals surface area contributed by atoms with E-state index in [-0.39, 0.29) is 0 Å². The van der Waals surface area contributed by atoms with Gasteiger partial charge in [-0.15, -0.1) is 0 Å². The quantitative estimate of drug-likeness (QED) is 0.311. The van der Waals surface area contributed by atoms with Crippen LogP contribution in [0.5, 0.6) is 0 Å². The first-order valence-corrected chi connectivity index (χ1v) is 10.5. The lowest BCUT2D eigenvalue weighted by atomic mass is 9.99. The fourth-order valence-corrected chi connectivity index (χ4v) is 3.82. The third-order valence-electron chi connectivity index (χ3n) is 5.53. The lowest BCUT2D eigenvalue weighted by Gasteiger charge is -2.06. The molecule has 2 heterocycles. The fourth-order valence-electron chi connectivity index (χ4n) is 3.82. The molecule has 0 radical (unpaired) electrons. The number of aromatic amines is 2. The van der Waals surface area contributed by atoms with Crippen molar-refractivity contribution >= 4 is 21.8 Å². The molecule has 0 aliphatic carbocycles. The van der Waals surface area contributed by atoms with E-state index in [0.29, 0.717) is 0 Å². The third-order valence-corrected chi connectivity index (χ3v) is 5.53. The van der Waals surface area contributed by atoms with Crippen molar-refractivity contribution in [3.8, 4) is 22.4 Å². The van der Waals surface area contributed by atoms with Crippen LogP contribution in [0.2, 0.25) is 0 Å². The first-order chi connectivity index (χ1) is 14.8. The molecule has 0 saturated carbocycles. The van der Waals surface area contributed by atoms with Gasteiger partial charge in [0.25, 0.3) is 0 Å². The van der Waals surface area contributed by atoms with Crippen molar-refractivity contribution in [2.45, 2.75) is 26.3 Å². The van der Waals surface area contributed by atoms with E-state index in [2.05, 4.69) is 86.8 Å². The first-order valence-electron chi connectivity index (χ1n) is 10.5. The Hall–Kier alpha value is -3.44. The zero-order chi connectivity index (χ0) is 20.3. The van der Waals surface area contributed by atoms with E-state index < -0.39 is 0 Å². The summed E-state index contributed by atoms with van der Waals surface area (Å²) in [6.07, 6.45) is 6.05. The molecule has 0 spiro atoms. The van der Waals surface area contributed by atoms with Gasteiger partial charge in [-0.05, 0) is 59.1 Å². The van der Waals surface area contributed by atoms with Crippen LogP contribution in [0.1, 0.15) is 25.6 Å². The Balaban J connectivity index is 1.39. The number of hydrogen-bond donors (Lipinski definition) is 3. The zero-order valence-electron chi connectivity index (χ0n) is 17.1. The van der Waals surface area contributed by atoms with Gasteiger partial charge in [-0.25, -0.2) is 9.97 Å². The van der Waals surface area contributed by atoms with E-state index in [1.807, 2.05) is 6.20 Å². The molecule has 3 N–H and O–H groups in total. The number of rotatable bonds is 7. The Morgan fingerprint density at radius 1 is 0.867 bits per heavy atom. The summed E-state index contributed by atoms with van der Waals surface area (Å²) in [6, 6.07) is 19.5. The van der Waals surface area contributed by atoms with Gasteiger partial charge in [-0.2, -0.15) is 0 Å². The van der Waals surface area contributed by atoms with Gasteiger partial charge in [-0.1, -0.05) is 43.7 Å². The van der Waals surface area contributed by atoms with E-state index >= 15 is 0 Å². The lowest BCUT2D eigenvalue weighted by Crippen LogP contribution is -2.15. The lowest BCUT2D eigenvalue weighted by molar-refractivity contribution is 0.626. The second kappa shape index (κ2) is 8.13. The van der Waals surface area contributed by atoms with E-state index in [1.165, 1.54) is 34.7 Å². The number of imidazole rings is 2. The predicted molar refractivity (Wildman–Crippen MR) is 123 cm³/mol. The summed E-state index contributed by atoms with van der Waals surface area (Å²) in [5.41, 5.74) is 6.64. The largest absolute Gasteiger partial charge is 0.345 e. The summed E-state index contributed by atoms with van der Waals surface area (Å²) in [5.74, 6) is 0.978. The van der Waals surface area contributed by atoms with Crippen molar-refractivity contribution in [2.24, 2.45) is 0 Å². The average molecular weight is 396 g/mol. The first kappa shape index (κ1) is 18.6. The van der Waals surface area contributed by atoms with Crippen molar-refractivity contribution in [3.05, 3.63) is 72.9 Å². The summed E-state index contributed by atoms with van der Waals surface area (Å²) in [5, 5.41) is 5.87. The highest BCUT2D eigenvalue weighted by Gasteiger charge is 2.07. The van der Waals surface area contributed by atoms with Gasteiger partial charge < -0.3 is 15.3 Å².